The minimum Gasteiger partial charge on any atom is -0.375 e. The minimum absolute atomic E-state index is 0.829. The van der Waals surface area contributed by atoms with E-state index in [0.29, 0.717) is 0 Å². The van der Waals surface area contributed by atoms with Gasteiger partial charge in [0.15, 0.2) is 0 Å². The molecule has 0 radical (unpaired) electrons. The van der Waals surface area contributed by atoms with Crippen LogP contribution in [-0.4, -0.2) is 25.6 Å². The number of nitrogens with zero attached hydrogens (tertiary/aromatic N) is 2. The van der Waals surface area contributed by atoms with Crippen LogP contribution in [0.4, 0.5) is 5.69 Å². The molecule has 0 saturated carbocycles. The van der Waals surface area contributed by atoms with Crippen LogP contribution in [0.3, 0.4) is 0 Å². The Hall–Kier alpha value is -1.09. The fourth-order valence-electron chi connectivity index (χ4n) is 1.51. The number of nitrogens with one attached hydrogen (secondary N) is 1. The lowest BCUT2D eigenvalue weighted by Crippen LogP contribution is -2.19. The lowest BCUT2D eigenvalue weighted by Gasteiger charge is -2.19. The summed E-state index contributed by atoms with van der Waals surface area (Å²) in [4.78, 5) is 6.58. The average Bonchev–Trinajstić information content (AvgIpc) is 2.27. The molecule has 3 nitrogen and oxygen atoms in total. The Morgan fingerprint density at radius 3 is 2.93 bits per heavy atom. The van der Waals surface area contributed by atoms with Crippen molar-refractivity contribution in [3.05, 3.63) is 24.0 Å². The molecule has 0 amide bonds. The monoisotopic (exact) mass is 207 g/mol. The molecule has 84 valence electrons. The van der Waals surface area contributed by atoms with E-state index >= 15 is 0 Å². The van der Waals surface area contributed by atoms with E-state index < -0.39 is 0 Å². The largest absolute Gasteiger partial charge is 0.375 e. The molecule has 0 aromatic carbocycles. The maximum Gasteiger partial charge on any atom is 0.0562 e. The third kappa shape index (κ3) is 3.88. The molecule has 0 aliphatic carbocycles. The van der Waals surface area contributed by atoms with Crippen molar-refractivity contribution in [1.82, 2.24) is 10.3 Å². The summed E-state index contributed by atoms with van der Waals surface area (Å²) >= 11 is 0. The van der Waals surface area contributed by atoms with Crippen LogP contribution in [0.15, 0.2) is 18.3 Å². The minimum atomic E-state index is 0.829. The highest BCUT2D eigenvalue weighted by Crippen LogP contribution is 2.13. The van der Waals surface area contributed by atoms with Gasteiger partial charge in [-0.2, -0.15) is 0 Å². The summed E-state index contributed by atoms with van der Waals surface area (Å²) < 4.78 is 0. The van der Waals surface area contributed by atoms with Crippen LogP contribution in [0, 0.1) is 0 Å². The van der Waals surface area contributed by atoms with Crippen LogP contribution in [0.2, 0.25) is 0 Å². The topological polar surface area (TPSA) is 28.2 Å². The molecule has 0 aliphatic heterocycles. The zero-order valence-corrected chi connectivity index (χ0v) is 9.95. The summed E-state index contributed by atoms with van der Waals surface area (Å²) in [6.07, 6.45) is 4.35. The highest BCUT2D eigenvalue weighted by molar-refractivity contribution is 5.45. The van der Waals surface area contributed by atoms with Gasteiger partial charge >= 0.3 is 0 Å². The summed E-state index contributed by atoms with van der Waals surface area (Å²) in [6, 6.07) is 4.21. The van der Waals surface area contributed by atoms with E-state index in [4.69, 9.17) is 0 Å². The third-order valence-electron chi connectivity index (χ3n) is 2.45. The number of hydrogen-bond donors (Lipinski definition) is 1. The van der Waals surface area contributed by atoms with Crippen molar-refractivity contribution < 1.29 is 0 Å². The smallest absolute Gasteiger partial charge is 0.0562 e. The first-order valence-corrected chi connectivity index (χ1v) is 5.58. The SMILES string of the molecule is CCCCN(C)c1ccnc(CNC)c1. The molecule has 1 heterocycles. The predicted molar refractivity (Wildman–Crippen MR) is 65.2 cm³/mol. The fourth-order valence-corrected chi connectivity index (χ4v) is 1.51. The van der Waals surface area contributed by atoms with E-state index in [1.54, 1.807) is 0 Å². The predicted octanol–water partition coefficient (Wildman–Crippen LogP) is 2.04. The molecule has 15 heavy (non-hydrogen) atoms. The van der Waals surface area contributed by atoms with Crippen LogP contribution in [-0.2, 0) is 6.54 Å². The molecular formula is C12H21N3. The summed E-state index contributed by atoms with van der Waals surface area (Å²) in [6.45, 7) is 4.15. The van der Waals surface area contributed by atoms with E-state index in [0.717, 1.165) is 18.8 Å². The first-order chi connectivity index (χ1) is 7.27. The summed E-state index contributed by atoms with van der Waals surface area (Å²) in [5.41, 5.74) is 2.35. The molecule has 0 atom stereocenters. The summed E-state index contributed by atoms with van der Waals surface area (Å²) in [7, 11) is 4.07. The Labute approximate surface area is 92.5 Å². The quantitative estimate of drug-likeness (QED) is 0.773. The van der Waals surface area contributed by atoms with Crippen molar-refractivity contribution in [3.63, 3.8) is 0 Å². The highest BCUT2D eigenvalue weighted by atomic mass is 15.1. The molecule has 0 spiro atoms. The Bertz CT molecular complexity index is 286. The average molecular weight is 207 g/mol. The third-order valence-corrected chi connectivity index (χ3v) is 2.45. The van der Waals surface area contributed by atoms with Crippen LogP contribution in [0.1, 0.15) is 25.5 Å². The van der Waals surface area contributed by atoms with Crippen LogP contribution in [0.5, 0.6) is 0 Å². The Morgan fingerprint density at radius 1 is 1.47 bits per heavy atom. The van der Waals surface area contributed by atoms with Crippen molar-refractivity contribution in [1.29, 1.82) is 0 Å². The molecule has 0 unspecified atom stereocenters. The number of rotatable bonds is 6. The van der Waals surface area contributed by atoms with Gasteiger partial charge in [0.2, 0.25) is 0 Å². The van der Waals surface area contributed by atoms with Gasteiger partial charge in [-0.25, -0.2) is 0 Å². The van der Waals surface area contributed by atoms with Gasteiger partial charge in [-0.1, -0.05) is 13.3 Å². The molecular weight excluding hydrogens is 186 g/mol. The van der Waals surface area contributed by atoms with Crippen molar-refractivity contribution in [2.45, 2.75) is 26.3 Å². The van der Waals surface area contributed by atoms with Gasteiger partial charge in [-0.3, -0.25) is 4.98 Å². The van der Waals surface area contributed by atoms with Crippen LogP contribution >= 0.6 is 0 Å². The standard InChI is InChI=1S/C12H21N3/c1-4-5-8-15(3)12-6-7-14-11(9-12)10-13-2/h6-7,9,13H,4-5,8,10H2,1-3H3. The second-order valence-electron chi connectivity index (χ2n) is 3.81. The highest BCUT2D eigenvalue weighted by Gasteiger charge is 2.01. The van der Waals surface area contributed by atoms with Crippen molar-refractivity contribution in [2.75, 3.05) is 25.5 Å². The first-order valence-electron chi connectivity index (χ1n) is 5.58. The van der Waals surface area contributed by atoms with Gasteiger partial charge in [0.05, 0.1) is 5.69 Å². The number of aromatic nitrogens is 1. The summed E-state index contributed by atoms with van der Waals surface area (Å²) in [5.74, 6) is 0. The Morgan fingerprint density at radius 2 is 2.27 bits per heavy atom. The molecule has 1 rings (SSSR count). The zero-order chi connectivity index (χ0) is 11.1. The van der Waals surface area contributed by atoms with Crippen LogP contribution < -0.4 is 10.2 Å². The Balaban J connectivity index is 2.62. The zero-order valence-electron chi connectivity index (χ0n) is 9.95. The molecule has 0 saturated heterocycles. The van der Waals surface area contributed by atoms with E-state index in [-0.39, 0.29) is 0 Å². The van der Waals surface area contributed by atoms with Gasteiger partial charge in [0, 0.05) is 32.0 Å². The van der Waals surface area contributed by atoms with Crippen molar-refractivity contribution in [3.8, 4) is 0 Å². The molecule has 0 bridgehead atoms. The van der Waals surface area contributed by atoms with Crippen molar-refractivity contribution >= 4 is 5.69 Å². The Kier molecular flexibility index (Phi) is 5.12. The van der Waals surface area contributed by atoms with Gasteiger partial charge in [0.1, 0.15) is 0 Å². The maximum atomic E-state index is 4.30. The second kappa shape index (κ2) is 6.40. The molecule has 1 aromatic heterocycles. The lowest BCUT2D eigenvalue weighted by molar-refractivity contribution is 0.760. The maximum absolute atomic E-state index is 4.30. The van der Waals surface area contributed by atoms with E-state index in [1.165, 1.54) is 18.5 Å². The van der Waals surface area contributed by atoms with Crippen molar-refractivity contribution in [2.24, 2.45) is 0 Å². The normalized spacial score (nSPS) is 10.3. The van der Waals surface area contributed by atoms with Gasteiger partial charge in [-0.15, -0.1) is 0 Å². The number of unbranched alkanes of at least 4 members (excludes halogenated alkanes) is 1. The molecule has 1 aromatic rings. The molecule has 0 aliphatic rings. The number of pyridine rings is 1. The summed E-state index contributed by atoms with van der Waals surface area (Å²) in [5, 5.41) is 3.11. The van der Waals surface area contributed by atoms with E-state index in [9.17, 15) is 0 Å². The number of hydrogen-bond acceptors (Lipinski definition) is 3. The molecule has 1 N–H and O–H groups in total. The van der Waals surface area contributed by atoms with E-state index in [1.807, 2.05) is 13.2 Å². The first kappa shape index (κ1) is 12.0. The second-order valence-corrected chi connectivity index (χ2v) is 3.81. The molecule has 0 fully saturated rings. The number of anilines is 1. The van der Waals surface area contributed by atoms with Gasteiger partial charge < -0.3 is 10.2 Å². The molecule has 3 heteroatoms. The van der Waals surface area contributed by atoms with Gasteiger partial charge in [0.25, 0.3) is 0 Å². The van der Waals surface area contributed by atoms with Crippen LogP contribution in [0.25, 0.3) is 0 Å². The van der Waals surface area contributed by atoms with E-state index in [2.05, 4.69) is 41.3 Å². The van der Waals surface area contributed by atoms with Gasteiger partial charge in [-0.05, 0) is 25.6 Å². The lowest BCUT2D eigenvalue weighted by atomic mass is 10.2. The fraction of sp³-hybridized carbons (Fsp3) is 0.583.